The van der Waals surface area contributed by atoms with Gasteiger partial charge in [-0.15, -0.1) is 0 Å². The van der Waals surface area contributed by atoms with E-state index in [9.17, 15) is 4.79 Å². The van der Waals surface area contributed by atoms with Gasteiger partial charge in [-0.25, -0.2) is 9.78 Å². The lowest BCUT2D eigenvalue weighted by Gasteiger charge is -2.11. The number of nitrogens with two attached hydrogens (primary N) is 1. The lowest BCUT2D eigenvalue weighted by atomic mass is 10.2. The van der Waals surface area contributed by atoms with Crippen molar-refractivity contribution < 1.29 is 9.53 Å². The monoisotopic (exact) mass is 277 g/mol. The average Bonchev–Trinajstić information content (AvgIpc) is 2.90. The van der Waals surface area contributed by atoms with Crippen molar-refractivity contribution in [2.75, 3.05) is 17.7 Å². The first kappa shape index (κ1) is 13.4. The van der Waals surface area contributed by atoms with Crippen LogP contribution < -0.4 is 11.1 Å². The van der Waals surface area contributed by atoms with Crippen LogP contribution in [-0.2, 0) is 11.3 Å². The molecule has 0 unspecified atom stereocenters. The summed E-state index contributed by atoms with van der Waals surface area (Å²) < 4.78 is 5.00. The summed E-state index contributed by atoms with van der Waals surface area (Å²) in [5, 5.41) is 7.22. The van der Waals surface area contributed by atoms with E-state index in [1.807, 2.05) is 16.8 Å². The van der Waals surface area contributed by atoms with Gasteiger partial charge in [-0.3, -0.25) is 0 Å². The molecule has 0 spiro atoms. The summed E-state index contributed by atoms with van der Waals surface area (Å²) >= 11 is 1.63. The molecule has 0 aliphatic heterocycles. The zero-order valence-electron chi connectivity index (χ0n) is 10.6. The number of hydrogen-bond donors (Lipinski definition) is 2. The Morgan fingerprint density at radius 2 is 2.42 bits per heavy atom. The van der Waals surface area contributed by atoms with E-state index in [0.717, 1.165) is 5.56 Å². The zero-order chi connectivity index (χ0) is 13.7. The predicted molar refractivity (Wildman–Crippen MR) is 76.3 cm³/mol. The van der Waals surface area contributed by atoms with Crippen molar-refractivity contribution in [3.05, 3.63) is 40.2 Å². The number of nitrogen functional groups attached to an aromatic ring is 1. The van der Waals surface area contributed by atoms with Crippen molar-refractivity contribution in [2.45, 2.75) is 13.5 Å². The Kier molecular flexibility index (Phi) is 4.35. The molecule has 2 rings (SSSR count). The molecule has 0 amide bonds. The highest BCUT2D eigenvalue weighted by atomic mass is 32.1. The molecule has 0 radical (unpaired) electrons. The number of carbonyl (C=O) groups excluding carboxylic acids is 1. The highest BCUT2D eigenvalue weighted by molar-refractivity contribution is 7.07. The van der Waals surface area contributed by atoms with Gasteiger partial charge in [-0.2, -0.15) is 11.3 Å². The third kappa shape index (κ3) is 3.45. The number of esters is 1. The molecule has 2 aromatic rings. The van der Waals surface area contributed by atoms with Crippen molar-refractivity contribution in [1.82, 2.24) is 4.98 Å². The predicted octanol–water partition coefficient (Wildman–Crippen LogP) is 2.51. The van der Waals surface area contributed by atoms with E-state index in [1.54, 1.807) is 24.5 Å². The fraction of sp³-hybridized carbons (Fsp3) is 0.231. The molecule has 0 saturated heterocycles. The first-order valence-corrected chi connectivity index (χ1v) is 6.82. The van der Waals surface area contributed by atoms with Crippen LogP contribution >= 0.6 is 11.3 Å². The largest absolute Gasteiger partial charge is 0.462 e. The molecule has 0 aliphatic carbocycles. The van der Waals surface area contributed by atoms with Crippen molar-refractivity contribution in [2.24, 2.45) is 0 Å². The van der Waals surface area contributed by atoms with Gasteiger partial charge in [0.15, 0.2) is 0 Å². The number of carbonyl (C=O) groups is 1. The van der Waals surface area contributed by atoms with Gasteiger partial charge in [0.2, 0.25) is 0 Å². The topological polar surface area (TPSA) is 77.2 Å². The fourth-order valence-electron chi connectivity index (χ4n) is 1.58. The number of ether oxygens (including phenoxy) is 1. The lowest BCUT2D eigenvalue weighted by molar-refractivity contribution is 0.0527. The Hall–Kier alpha value is -2.08. The molecule has 0 saturated carbocycles. The fourth-order valence-corrected chi connectivity index (χ4v) is 2.25. The van der Waals surface area contributed by atoms with E-state index in [-0.39, 0.29) is 0 Å². The van der Waals surface area contributed by atoms with E-state index >= 15 is 0 Å². The molecule has 5 nitrogen and oxygen atoms in total. The summed E-state index contributed by atoms with van der Waals surface area (Å²) in [6.07, 6.45) is 1.55. The van der Waals surface area contributed by atoms with Gasteiger partial charge in [0.1, 0.15) is 5.82 Å². The first-order valence-electron chi connectivity index (χ1n) is 5.88. The number of rotatable bonds is 5. The molecule has 0 fully saturated rings. The zero-order valence-corrected chi connectivity index (χ0v) is 11.4. The summed E-state index contributed by atoms with van der Waals surface area (Å²) in [4.78, 5) is 15.8. The normalized spacial score (nSPS) is 10.2. The van der Waals surface area contributed by atoms with Crippen LogP contribution in [0.1, 0.15) is 22.8 Å². The highest BCUT2D eigenvalue weighted by Gasteiger charge is 2.13. The minimum atomic E-state index is -0.399. The van der Waals surface area contributed by atoms with Crippen LogP contribution in [0.4, 0.5) is 11.5 Å². The van der Waals surface area contributed by atoms with Crippen molar-refractivity contribution in [3.63, 3.8) is 0 Å². The third-order valence-corrected chi connectivity index (χ3v) is 3.22. The smallest absolute Gasteiger partial charge is 0.340 e. The minimum Gasteiger partial charge on any atom is -0.462 e. The Balaban J connectivity index is 2.16. The molecule has 6 heteroatoms. The second-order valence-corrected chi connectivity index (χ2v) is 4.64. The second-order valence-electron chi connectivity index (χ2n) is 3.86. The van der Waals surface area contributed by atoms with Gasteiger partial charge in [-0.05, 0) is 35.4 Å². The minimum absolute atomic E-state index is 0.295. The van der Waals surface area contributed by atoms with E-state index in [0.29, 0.717) is 30.2 Å². The SMILES string of the molecule is CCOC(=O)c1cc(N)ncc1NCc1ccsc1. The van der Waals surface area contributed by atoms with E-state index in [2.05, 4.69) is 10.3 Å². The molecule has 2 aromatic heterocycles. The van der Waals surface area contributed by atoms with Gasteiger partial charge in [0.25, 0.3) is 0 Å². The Morgan fingerprint density at radius 3 is 3.11 bits per heavy atom. The number of nitrogens with one attached hydrogen (secondary N) is 1. The number of hydrogen-bond acceptors (Lipinski definition) is 6. The molecule has 0 bridgehead atoms. The van der Waals surface area contributed by atoms with Crippen LogP contribution in [0.3, 0.4) is 0 Å². The van der Waals surface area contributed by atoms with Crippen molar-refractivity contribution in [1.29, 1.82) is 0 Å². The van der Waals surface area contributed by atoms with Crippen LogP contribution in [0.2, 0.25) is 0 Å². The standard InChI is InChI=1S/C13H15N3O2S/c1-2-18-13(17)10-5-12(14)16-7-11(10)15-6-9-3-4-19-8-9/h3-5,7-8,15H,2,6H2,1H3,(H2,14,16). The molecule has 0 aromatic carbocycles. The van der Waals surface area contributed by atoms with E-state index in [1.165, 1.54) is 6.07 Å². The highest BCUT2D eigenvalue weighted by Crippen LogP contribution is 2.19. The summed E-state index contributed by atoms with van der Waals surface area (Å²) in [7, 11) is 0. The van der Waals surface area contributed by atoms with Crippen molar-refractivity contribution >= 4 is 28.8 Å². The third-order valence-electron chi connectivity index (χ3n) is 2.48. The molecular weight excluding hydrogens is 262 g/mol. The number of nitrogens with zero attached hydrogens (tertiary/aromatic N) is 1. The Bertz CT molecular complexity index is 555. The van der Waals surface area contributed by atoms with Crippen molar-refractivity contribution in [3.8, 4) is 0 Å². The van der Waals surface area contributed by atoms with Gasteiger partial charge < -0.3 is 15.8 Å². The van der Waals surface area contributed by atoms with Crippen LogP contribution in [0, 0.1) is 0 Å². The van der Waals surface area contributed by atoms with Crippen LogP contribution in [0.5, 0.6) is 0 Å². The average molecular weight is 277 g/mol. The first-order chi connectivity index (χ1) is 9.20. The summed E-state index contributed by atoms with van der Waals surface area (Å²) in [6, 6.07) is 3.54. The maximum Gasteiger partial charge on any atom is 0.340 e. The van der Waals surface area contributed by atoms with Crippen LogP contribution in [0.15, 0.2) is 29.1 Å². The molecule has 0 atom stereocenters. The quantitative estimate of drug-likeness (QED) is 0.821. The number of anilines is 2. The second kappa shape index (κ2) is 6.19. The molecular formula is C13H15N3O2S. The summed E-state index contributed by atoms with van der Waals surface area (Å²) in [6.45, 7) is 2.72. The van der Waals surface area contributed by atoms with Gasteiger partial charge in [0.05, 0.1) is 24.1 Å². The van der Waals surface area contributed by atoms with Crippen LogP contribution in [0.25, 0.3) is 0 Å². The van der Waals surface area contributed by atoms with Crippen LogP contribution in [-0.4, -0.2) is 17.6 Å². The van der Waals surface area contributed by atoms with Gasteiger partial charge >= 0.3 is 5.97 Å². The maximum atomic E-state index is 11.8. The van der Waals surface area contributed by atoms with E-state index < -0.39 is 5.97 Å². The van der Waals surface area contributed by atoms with Gasteiger partial charge in [0, 0.05) is 6.54 Å². The Morgan fingerprint density at radius 1 is 1.58 bits per heavy atom. The number of thiophene rings is 1. The van der Waals surface area contributed by atoms with E-state index in [4.69, 9.17) is 10.5 Å². The maximum absolute atomic E-state index is 11.8. The summed E-state index contributed by atoms with van der Waals surface area (Å²) in [5.74, 6) is -0.103. The molecule has 100 valence electrons. The lowest BCUT2D eigenvalue weighted by Crippen LogP contribution is -2.11. The Labute approximate surface area is 115 Å². The molecule has 0 aliphatic rings. The van der Waals surface area contributed by atoms with Gasteiger partial charge in [-0.1, -0.05) is 0 Å². The number of aromatic nitrogens is 1. The summed E-state index contributed by atoms with van der Waals surface area (Å²) in [5.41, 5.74) is 7.79. The molecule has 2 heterocycles. The molecule has 19 heavy (non-hydrogen) atoms. The molecule has 3 N–H and O–H groups in total. The number of pyridine rings is 1.